The molecule has 0 aromatic heterocycles. The minimum Gasteiger partial charge on any atom is -0.478 e. The zero-order valence-corrected chi connectivity index (χ0v) is 34.8. The second-order valence-corrected chi connectivity index (χ2v) is 19.7. The number of benzene rings is 2. The molecule has 2 aromatic carbocycles. The predicted molar refractivity (Wildman–Crippen MR) is 217 cm³/mol. The van der Waals surface area contributed by atoms with Crippen LogP contribution in [-0.4, -0.2) is 34.2 Å². The van der Waals surface area contributed by atoms with Crippen LogP contribution in [0.4, 0.5) is 0 Å². The molecular formula is C48H57ClO6. The number of hydrogen-bond acceptors (Lipinski definition) is 5. The number of carbonyl (C=O) groups is 4. The fourth-order valence-corrected chi connectivity index (χ4v) is 12.4. The average molecular weight is 765 g/mol. The number of halogens is 1. The van der Waals surface area contributed by atoms with E-state index in [0.717, 1.165) is 48.0 Å². The molecule has 8 rings (SSSR count). The van der Waals surface area contributed by atoms with E-state index in [2.05, 4.69) is 73.3 Å². The Morgan fingerprint density at radius 1 is 0.836 bits per heavy atom. The van der Waals surface area contributed by atoms with Gasteiger partial charge in [0.2, 0.25) is 0 Å². The molecule has 6 aliphatic carbocycles. The standard InChI is InChI=1S/C24H29ClO4.C24H28O2/c1-12(26)24(29-13(2)27)8-6-16-14-10-20(25)19-11-21(28)15-9-18(15)23(19,4)17(14)5-7-22(16,24)3;1-15-13-20-21(24(5,6)12-11-23(20,3)4)14-19(15)16(2)17-7-9-18(10-8-17)22(25)26/h10-11,14-18H,5-9H2,1-4H3;7-10,13-14H,2,11-12H2,1,3-6H3,(H,25,26)/t14-,15+,16-,17-,18-,22-,23-,24-;/m0./s1. The molecule has 3 saturated carbocycles. The highest BCUT2D eigenvalue weighted by molar-refractivity contribution is 6.32. The molecule has 0 unspecified atom stereocenters. The Kier molecular flexibility index (Phi) is 9.43. The lowest BCUT2D eigenvalue weighted by Gasteiger charge is -2.57. The SMILES string of the molecule is C=C(c1ccc(C(=O)O)cc1)c1cc2c(cc1C)C(C)(C)CCC2(C)C.CC(=O)O[C@]1(C(C)=O)CC[C@H]2[C@@H]3C=C(Cl)C4=CC(=O)[C@@H]5C[C@@H]5[C@]4(C)[C@H]3CC[C@@]21C. The lowest BCUT2D eigenvalue weighted by molar-refractivity contribution is -0.185. The number of ether oxygens (including phenoxy) is 1. The number of hydrogen-bond donors (Lipinski definition) is 1. The van der Waals surface area contributed by atoms with Crippen molar-refractivity contribution < 1.29 is 29.0 Å². The van der Waals surface area contributed by atoms with Crippen molar-refractivity contribution >= 4 is 40.7 Å². The zero-order valence-electron chi connectivity index (χ0n) is 34.0. The number of carbonyl (C=O) groups excluding carboxylic acids is 3. The summed E-state index contributed by atoms with van der Waals surface area (Å²) in [5.74, 6) is 0.363. The summed E-state index contributed by atoms with van der Waals surface area (Å²) in [7, 11) is 0. The van der Waals surface area contributed by atoms with Gasteiger partial charge >= 0.3 is 11.9 Å². The van der Waals surface area contributed by atoms with Gasteiger partial charge in [-0.2, -0.15) is 0 Å². The normalized spacial score (nSPS) is 34.4. The summed E-state index contributed by atoms with van der Waals surface area (Å²) in [4.78, 5) is 48.2. The van der Waals surface area contributed by atoms with E-state index >= 15 is 0 Å². The topological polar surface area (TPSA) is 97.7 Å². The van der Waals surface area contributed by atoms with E-state index in [0.29, 0.717) is 28.9 Å². The number of aromatic carboxylic acids is 1. The molecule has 55 heavy (non-hydrogen) atoms. The first-order valence-electron chi connectivity index (χ1n) is 20.1. The van der Waals surface area contributed by atoms with Crippen LogP contribution in [0.2, 0.25) is 0 Å². The Bertz CT molecular complexity index is 2080. The number of fused-ring (bicyclic) bond motifs is 8. The third-order valence-electron chi connectivity index (χ3n) is 15.5. The smallest absolute Gasteiger partial charge is 0.335 e. The van der Waals surface area contributed by atoms with Crippen LogP contribution < -0.4 is 0 Å². The van der Waals surface area contributed by atoms with Crippen LogP contribution in [0.3, 0.4) is 0 Å². The van der Waals surface area contributed by atoms with Crippen molar-refractivity contribution in [3.05, 3.63) is 99.1 Å². The van der Waals surface area contributed by atoms with Gasteiger partial charge in [0.25, 0.3) is 0 Å². The molecular weight excluding hydrogens is 708 g/mol. The molecule has 3 fully saturated rings. The highest BCUT2D eigenvalue weighted by atomic mass is 35.5. The molecule has 292 valence electrons. The maximum atomic E-state index is 12.8. The molecule has 6 aliphatic rings. The average Bonchev–Trinajstić information content (AvgIpc) is 3.88. The Morgan fingerprint density at radius 3 is 2.00 bits per heavy atom. The largest absolute Gasteiger partial charge is 0.478 e. The summed E-state index contributed by atoms with van der Waals surface area (Å²) in [6, 6.07) is 11.6. The van der Waals surface area contributed by atoms with E-state index in [4.69, 9.17) is 21.4 Å². The van der Waals surface area contributed by atoms with E-state index in [1.54, 1.807) is 19.1 Å². The van der Waals surface area contributed by atoms with Crippen LogP contribution in [0.1, 0.15) is 139 Å². The van der Waals surface area contributed by atoms with Gasteiger partial charge in [-0.05, 0) is 150 Å². The van der Waals surface area contributed by atoms with Crippen molar-refractivity contribution in [3.63, 3.8) is 0 Å². The van der Waals surface area contributed by atoms with Crippen molar-refractivity contribution in [1.82, 2.24) is 0 Å². The molecule has 0 amide bonds. The number of carboxylic acid groups (broad SMARTS) is 1. The first-order chi connectivity index (χ1) is 25.6. The van der Waals surface area contributed by atoms with Gasteiger partial charge in [0, 0.05) is 28.7 Å². The predicted octanol–water partition coefficient (Wildman–Crippen LogP) is 10.7. The van der Waals surface area contributed by atoms with Crippen molar-refractivity contribution in [2.24, 2.45) is 40.4 Å². The van der Waals surface area contributed by atoms with Crippen LogP contribution >= 0.6 is 11.6 Å². The third-order valence-corrected chi connectivity index (χ3v) is 15.8. The highest BCUT2D eigenvalue weighted by Gasteiger charge is 2.70. The first-order valence-corrected chi connectivity index (χ1v) is 20.5. The van der Waals surface area contributed by atoms with Crippen molar-refractivity contribution in [3.8, 4) is 0 Å². The number of Topliss-reactive ketones (excluding diaryl/α,β-unsaturated/α-hetero) is 1. The lowest BCUT2D eigenvalue weighted by Crippen LogP contribution is -2.58. The van der Waals surface area contributed by atoms with Crippen LogP contribution in [0, 0.1) is 47.3 Å². The Balaban J connectivity index is 0.000000170. The van der Waals surface area contributed by atoms with Crippen molar-refractivity contribution in [2.75, 3.05) is 0 Å². The summed E-state index contributed by atoms with van der Waals surface area (Å²) < 4.78 is 5.82. The van der Waals surface area contributed by atoms with E-state index in [1.165, 1.54) is 36.5 Å². The number of aryl methyl sites for hydroxylation is 1. The van der Waals surface area contributed by atoms with E-state index in [-0.39, 0.29) is 56.9 Å². The minimum absolute atomic E-state index is 0.0423. The monoisotopic (exact) mass is 764 g/mol. The summed E-state index contributed by atoms with van der Waals surface area (Å²) in [5.41, 5.74) is 7.34. The van der Waals surface area contributed by atoms with Crippen LogP contribution in [0.15, 0.2) is 65.7 Å². The maximum Gasteiger partial charge on any atom is 0.335 e. The van der Waals surface area contributed by atoms with Gasteiger partial charge in [-0.15, -0.1) is 0 Å². The molecule has 0 bridgehead atoms. The minimum atomic E-state index is -1.03. The number of carboxylic acids is 1. The Morgan fingerprint density at radius 2 is 1.42 bits per heavy atom. The van der Waals surface area contributed by atoms with Gasteiger partial charge in [-0.25, -0.2) is 4.79 Å². The van der Waals surface area contributed by atoms with E-state index in [9.17, 15) is 19.2 Å². The number of allylic oxidation sites excluding steroid dienone is 4. The summed E-state index contributed by atoms with van der Waals surface area (Å²) in [5, 5.41) is 9.80. The summed E-state index contributed by atoms with van der Waals surface area (Å²) in [6.07, 6.45) is 10.6. The Hall–Kier alpha value is -3.77. The second kappa shape index (κ2) is 13.1. The molecule has 6 nitrogen and oxygen atoms in total. The van der Waals surface area contributed by atoms with Crippen molar-refractivity contribution in [2.45, 2.75) is 124 Å². The molecule has 1 N–H and O–H groups in total. The van der Waals surface area contributed by atoms with Crippen LogP contribution in [-0.2, 0) is 30.0 Å². The summed E-state index contributed by atoms with van der Waals surface area (Å²) >= 11 is 6.79. The fourth-order valence-electron chi connectivity index (χ4n) is 12.0. The third kappa shape index (κ3) is 6.03. The van der Waals surface area contributed by atoms with Gasteiger partial charge in [0.1, 0.15) is 0 Å². The molecule has 8 atom stereocenters. The Labute approximate surface area is 331 Å². The maximum absolute atomic E-state index is 12.8. The van der Waals surface area contributed by atoms with Gasteiger partial charge in [0.05, 0.1) is 5.56 Å². The zero-order chi connectivity index (χ0) is 40.2. The van der Waals surface area contributed by atoms with E-state index < -0.39 is 11.6 Å². The molecule has 0 aliphatic heterocycles. The van der Waals surface area contributed by atoms with Crippen LogP contribution in [0.5, 0.6) is 0 Å². The lowest BCUT2D eigenvalue weighted by atomic mass is 9.47. The van der Waals surface area contributed by atoms with E-state index in [1.807, 2.05) is 18.2 Å². The highest BCUT2D eigenvalue weighted by Crippen LogP contribution is 2.72. The molecule has 0 saturated heterocycles. The number of ketones is 2. The second-order valence-electron chi connectivity index (χ2n) is 19.3. The van der Waals surface area contributed by atoms with Crippen molar-refractivity contribution in [1.29, 1.82) is 0 Å². The molecule has 2 aromatic rings. The van der Waals surface area contributed by atoms with Gasteiger partial charge < -0.3 is 9.84 Å². The molecule has 0 radical (unpaired) electrons. The fraction of sp³-hybridized carbons (Fsp3) is 0.542. The first kappa shape index (κ1) is 39.5. The quantitative estimate of drug-likeness (QED) is 0.305. The molecule has 7 heteroatoms. The van der Waals surface area contributed by atoms with Crippen LogP contribution in [0.25, 0.3) is 5.57 Å². The number of rotatable bonds is 5. The van der Waals surface area contributed by atoms with Gasteiger partial charge in [0.15, 0.2) is 17.2 Å². The summed E-state index contributed by atoms with van der Waals surface area (Å²) in [6.45, 7) is 23.2. The van der Waals surface area contributed by atoms with Gasteiger partial charge in [-0.1, -0.05) is 90.1 Å². The van der Waals surface area contributed by atoms with Gasteiger partial charge in [-0.3, -0.25) is 14.4 Å². The molecule has 0 heterocycles. The number of esters is 1. The molecule has 0 spiro atoms.